The molecular weight excluding hydrogens is 252 g/mol. The van der Waals surface area contributed by atoms with Crippen molar-refractivity contribution in [2.24, 2.45) is 0 Å². The van der Waals surface area contributed by atoms with E-state index in [1.807, 2.05) is 0 Å². The third-order valence-electron chi connectivity index (χ3n) is 2.69. The van der Waals surface area contributed by atoms with Gasteiger partial charge in [-0.1, -0.05) is 0 Å². The van der Waals surface area contributed by atoms with Crippen LogP contribution in [0.4, 0.5) is 0 Å². The molecule has 18 heavy (non-hydrogen) atoms. The van der Waals surface area contributed by atoms with E-state index in [0.29, 0.717) is 24.2 Å². The average Bonchev–Trinajstić information content (AvgIpc) is 2.38. The van der Waals surface area contributed by atoms with Crippen LogP contribution < -0.4 is 10.6 Å². The Hall–Kier alpha value is -0.750. The molecule has 1 saturated heterocycles. The minimum atomic E-state index is -0.260. The van der Waals surface area contributed by atoms with Crippen molar-refractivity contribution < 1.29 is 14.3 Å². The molecule has 0 aromatic rings. The highest BCUT2D eigenvalue weighted by atomic mass is 32.2. The third-order valence-corrected chi connectivity index (χ3v) is 4.06. The zero-order valence-electron chi connectivity index (χ0n) is 10.9. The molecule has 1 heterocycles. The van der Waals surface area contributed by atoms with Gasteiger partial charge >= 0.3 is 5.97 Å². The molecular formula is C12H22N2O3S. The van der Waals surface area contributed by atoms with E-state index in [9.17, 15) is 9.59 Å². The molecule has 0 aromatic carbocycles. The molecule has 2 N–H and O–H groups in total. The molecule has 0 unspecified atom stereocenters. The summed E-state index contributed by atoms with van der Waals surface area (Å²) in [6.45, 7) is 4.61. The molecule has 0 saturated carbocycles. The molecule has 1 aliphatic heterocycles. The van der Waals surface area contributed by atoms with Crippen LogP contribution in [0.15, 0.2) is 0 Å². The Bertz CT molecular complexity index is 268. The summed E-state index contributed by atoms with van der Waals surface area (Å²) in [5, 5.41) is 6.62. The van der Waals surface area contributed by atoms with Crippen LogP contribution in [-0.2, 0) is 14.3 Å². The molecule has 1 rings (SSSR count). The summed E-state index contributed by atoms with van der Waals surface area (Å²) >= 11 is 1.71. The molecule has 0 aliphatic carbocycles. The Kier molecular flexibility index (Phi) is 7.84. The Morgan fingerprint density at radius 3 is 2.78 bits per heavy atom. The number of thioether (sulfide) groups is 1. The van der Waals surface area contributed by atoms with Gasteiger partial charge in [0.15, 0.2) is 0 Å². The standard InChI is InChI=1S/C12H22N2O3S/c1-2-17-12(16)5-8-14-11(15)9-18-10-3-6-13-7-4-10/h10,13H,2-9H2,1H3,(H,14,15). The van der Waals surface area contributed by atoms with Crippen LogP contribution in [0, 0.1) is 0 Å². The number of nitrogens with one attached hydrogen (secondary N) is 2. The second-order valence-electron chi connectivity index (χ2n) is 4.17. The molecule has 6 heteroatoms. The average molecular weight is 274 g/mol. The number of carbonyl (C=O) groups excluding carboxylic acids is 2. The molecule has 0 atom stereocenters. The maximum Gasteiger partial charge on any atom is 0.307 e. The third kappa shape index (κ3) is 6.86. The molecule has 0 spiro atoms. The van der Waals surface area contributed by atoms with E-state index >= 15 is 0 Å². The summed E-state index contributed by atoms with van der Waals surface area (Å²) in [5.41, 5.74) is 0. The quantitative estimate of drug-likeness (QED) is 0.663. The van der Waals surface area contributed by atoms with Gasteiger partial charge in [-0.25, -0.2) is 0 Å². The largest absolute Gasteiger partial charge is 0.466 e. The molecule has 0 radical (unpaired) electrons. The molecule has 5 nitrogen and oxygen atoms in total. The fourth-order valence-corrected chi connectivity index (χ4v) is 2.80. The molecule has 104 valence electrons. The Balaban J connectivity index is 2.01. The van der Waals surface area contributed by atoms with Gasteiger partial charge in [-0.05, 0) is 32.9 Å². The summed E-state index contributed by atoms with van der Waals surface area (Å²) in [6, 6.07) is 0. The topological polar surface area (TPSA) is 67.4 Å². The second kappa shape index (κ2) is 9.22. The highest BCUT2D eigenvalue weighted by Crippen LogP contribution is 2.19. The smallest absolute Gasteiger partial charge is 0.307 e. The van der Waals surface area contributed by atoms with Gasteiger partial charge in [0.25, 0.3) is 0 Å². The highest BCUT2D eigenvalue weighted by Gasteiger charge is 2.14. The Morgan fingerprint density at radius 2 is 2.11 bits per heavy atom. The van der Waals surface area contributed by atoms with E-state index < -0.39 is 0 Å². The van der Waals surface area contributed by atoms with Gasteiger partial charge in [0.05, 0.1) is 18.8 Å². The molecule has 1 amide bonds. The van der Waals surface area contributed by atoms with Crippen LogP contribution in [0.5, 0.6) is 0 Å². The minimum absolute atomic E-state index is 0.00262. The monoisotopic (exact) mass is 274 g/mol. The van der Waals surface area contributed by atoms with Crippen LogP contribution in [0.1, 0.15) is 26.2 Å². The van der Waals surface area contributed by atoms with Crippen molar-refractivity contribution >= 4 is 23.6 Å². The zero-order chi connectivity index (χ0) is 13.2. The normalized spacial score (nSPS) is 16.3. The van der Waals surface area contributed by atoms with Crippen molar-refractivity contribution in [1.29, 1.82) is 0 Å². The number of carbonyl (C=O) groups is 2. The number of amides is 1. The number of esters is 1. The predicted octanol–water partition coefficient (Wildman–Crippen LogP) is 0.541. The Labute approximate surface area is 112 Å². The second-order valence-corrected chi connectivity index (χ2v) is 5.45. The van der Waals surface area contributed by atoms with Crippen molar-refractivity contribution in [2.75, 3.05) is 32.0 Å². The highest BCUT2D eigenvalue weighted by molar-refractivity contribution is 8.00. The van der Waals surface area contributed by atoms with E-state index in [1.165, 1.54) is 0 Å². The van der Waals surface area contributed by atoms with Crippen LogP contribution in [0.2, 0.25) is 0 Å². The van der Waals surface area contributed by atoms with E-state index in [0.717, 1.165) is 25.9 Å². The van der Waals surface area contributed by atoms with Gasteiger partial charge in [-0.2, -0.15) is 0 Å². The van der Waals surface area contributed by atoms with E-state index in [1.54, 1.807) is 18.7 Å². The van der Waals surface area contributed by atoms with Crippen molar-refractivity contribution in [1.82, 2.24) is 10.6 Å². The minimum Gasteiger partial charge on any atom is -0.466 e. The van der Waals surface area contributed by atoms with Crippen LogP contribution in [0.25, 0.3) is 0 Å². The zero-order valence-corrected chi connectivity index (χ0v) is 11.7. The summed E-state index contributed by atoms with van der Waals surface area (Å²) in [7, 11) is 0. The number of rotatable bonds is 7. The van der Waals surface area contributed by atoms with Crippen LogP contribution in [-0.4, -0.2) is 49.1 Å². The first-order valence-corrected chi connectivity index (χ1v) is 7.52. The van der Waals surface area contributed by atoms with Gasteiger partial charge in [0, 0.05) is 11.8 Å². The lowest BCUT2D eigenvalue weighted by atomic mass is 10.2. The fourth-order valence-electron chi connectivity index (χ4n) is 1.74. The van der Waals surface area contributed by atoms with Crippen molar-refractivity contribution in [3.05, 3.63) is 0 Å². The van der Waals surface area contributed by atoms with E-state index in [4.69, 9.17) is 4.74 Å². The number of piperidine rings is 1. The summed E-state index contributed by atoms with van der Waals surface area (Å²) in [4.78, 5) is 22.6. The summed E-state index contributed by atoms with van der Waals surface area (Å²) in [5.74, 6) is 0.222. The fraction of sp³-hybridized carbons (Fsp3) is 0.833. The van der Waals surface area contributed by atoms with Crippen LogP contribution in [0.3, 0.4) is 0 Å². The van der Waals surface area contributed by atoms with Crippen molar-refractivity contribution in [3.63, 3.8) is 0 Å². The maximum atomic E-state index is 11.5. The van der Waals surface area contributed by atoms with Crippen molar-refractivity contribution in [2.45, 2.75) is 31.4 Å². The van der Waals surface area contributed by atoms with Gasteiger partial charge < -0.3 is 15.4 Å². The first-order valence-electron chi connectivity index (χ1n) is 6.47. The van der Waals surface area contributed by atoms with Gasteiger partial charge in [-0.15, -0.1) is 11.8 Å². The van der Waals surface area contributed by atoms with Gasteiger partial charge in [0.2, 0.25) is 5.91 Å². The number of hydrogen-bond donors (Lipinski definition) is 2. The predicted molar refractivity (Wildman–Crippen MR) is 72.6 cm³/mol. The molecule has 0 aromatic heterocycles. The molecule has 0 bridgehead atoms. The van der Waals surface area contributed by atoms with E-state index in [-0.39, 0.29) is 18.3 Å². The first kappa shape index (κ1) is 15.3. The lowest BCUT2D eigenvalue weighted by Crippen LogP contribution is -2.32. The maximum absolute atomic E-state index is 11.5. The van der Waals surface area contributed by atoms with Gasteiger partial charge in [0.1, 0.15) is 0 Å². The Morgan fingerprint density at radius 1 is 1.39 bits per heavy atom. The first-order chi connectivity index (χ1) is 8.72. The lowest BCUT2D eigenvalue weighted by molar-refractivity contribution is -0.142. The number of ether oxygens (including phenoxy) is 1. The molecule has 1 aliphatic rings. The lowest BCUT2D eigenvalue weighted by Gasteiger charge is -2.21. The van der Waals surface area contributed by atoms with Crippen LogP contribution >= 0.6 is 11.8 Å². The number of hydrogen-bond acceptors (Lipinski definition) is 5. The van der Waals surface area contributed by atoms with Gasteiger partial charge in [-0.3, -0.25) is 9.59 Å². The van der Waals surface area contributed by atoms with E-state index in [2.05, 4.69) is 10.6 Å². The van der Waals surface area contributed by atoms with Crippen molar-refractivity contribution in [3.8, 4) is 0 Å². The summed E-state index contributed by atoms with van der Waals surface area (Å²) in [6.07, 6.45) is 2.50. The molecule has 1 fully saturated rings. The summed E-state index contributed by atoms with van der Waals surface area (Å²) < 4.78 is 4.78. The SMILES string of the molecule is CCOC(=O)CCNC(=O)CSC1CCNCC1.